The molecular formula is C18H18FNO3. The van der Waals surface area contributed by atoms with Crippen molar-refractivity contribution in [3.8, 4) is 5.75 Å². The van der Waals surface area contributed by atoms with E-state index in [9.17, 15) is 14.3 Å². The summed E-state index contributed by atoms with van der Waals surface area (Å²) in [6, 6.07) is 13.6. The van der Waals surface area contributed by atoms with E-state index in [1.807, 2.05) is 30.3 Å². The fourth-order valence-corrected chi connectivity index (χ4v) is 2.66. The number of benzene rings is 2. The third-order valence-corrected chi connectivity index (χ3v) is 3.82. The average molecular weight is 315 g/mol. The van der Waals surface area contributed by atoms with Gasteiger partial charge in [-0.15, -0.1) is 0 Å². The summed E-state index contributed by atoms with van der Waals surface area (Å²) in [5.74, 6) is -0.238. The van der Waals surface area contributed by atoms with Crippen LogP contribution >= 0.6 is 0 Å². The van der Waals surface area contributed by atoms with Crippen molar-refractivity contribution >= 4 is 5.78 Å². The van der Waals surface area contributed by atoms with Gasteiger partial charge in [0.1, 0.15) is 23.9 Å². The van der Waals surface area contributed by atoms with Crippen LogP contribution in [-0.2, 0) is 6.54 Å². The Morgan fingerprint density at radius 1 is 1.26 bits per heavy atom. The highest BCUT2D eigenvalue weighted by molar-refractivity contribution is 5.99. The number of Topliss-reactive ketones (excluding diaryl/α,β-unsaturated/α-hetero) is 1. The molecule has 0 saturated heterocycles. The van der Waals surface area contributed by atoms with E-state index in [0.717, 1.165) is 5.56 Å². The number of halogens is 1. The molecule has 2 aromatic carbocycles. The zero-order valence-electron chi connectivity index (χ0n) is 12.5. The van der Waals surface area contributed by atoms with Crippen molar-refractivity contribution < 1.29 is 19.0 Å². The molecule has 2 aromatic rings. The number of fused-ring (bicyclic) bond motifs is 1. The van der Waals surface area contributed by atoms with Crippen molar-refractivity contribution in [3.05, 3.63) is 65.5 Å². The second kappa shape index (κ2) is 6.89. The number of carbonyl (C=O) groups excluding carboxylic acids is 1. The van der Waals surface area contributed by atoms with E-state index in [0.29, 0.717) is 12.3 Å². The summed E-state index contributed by atoms with van der Waals surface area (Å²) in [5.41, 5.74) is 1.33. The van der Waals surface area contributed by atoms with Crippen molar-refractivity contribution in [1.82, 2.24) is 5.32 Å². The first-order valence-electron chi connectivity index (χ1n) is 7.56. The van der Waals surface area contributed by atoms with E-state index in [2.05, 4.69) is 5.32 Å². The fourth-order valence-electron chi connectivity index (χ4n) is 2.66. The van der Waals surface area contributed by atoms with Gasteiger partial charge in [-0.2, -0.15) is 0 Å². The number of ether oxygens (including phenoxy) is 1. The third-order valence-electron chi connectivity index (χ3n) is 3.82. The SMILES string of the molecule is O=C1C[C@@H](CC(O)NCc2ccccc2)Oc2ccc(F)cc21. The van der Waals surface area contributed by atoms with Gasteiger partial charge in [0.15, 0.2) is 5.78 Å². The molecule has 5 heteroatoms. The molecule has 0 radical (unpaired) electrons. The lowest BCUT2D eigenvalue weighted by molar-refractivity contribution is 0.0549. The van der Waals surface area contributed by atoms with Gasteiger partial charge in [-0.1, -0.05) is 30.3 Å². The maximum atomic E-state index is 13.2. The Hall–Kier alpha value is -2.24. The van der Waals surface area contributed by atoms with Gasteiger partial charge in [-0.3, -0.25) is 10.1 Å². The zero-order valence-corrected chi connectivity index (χ0v) is 12.5. The summed E-state index contributed by atoms with van der Waals surface area (Å²) in [6.45, 7) is 0.532. The largest absolute Gasteiger partial charge is 0.489 e. The van der Waals surface area contributed by atoms with Gasteiger partial charge < -0.3 is 9.84 Å². The average Bonchev–Trinajstić information content (AvgIpc) is 2.55. The van der Waals surface area contributed by atoms with Crippen LogP contribution in [0, 0.1) is 5.82 Å². The minimum atomic E-state index is -0.782. The number of ketones is 1. The summed E-state index contributed by atoms with van der Waals surface area (Å²) in [5, 5.41) is 13.1. The Balaban J connectivity index is 1.56. The molecule has 1 aliphatic rings. The van der Waals surface area contributed by atoms with Crippen molar-refractivity contribution in [1.29, 1.82) is 0 Å². The Bertz CT molecular complexity index is 690. The number of aliphatic hydroxyl groups excluding tert-OH is 1. The van der Waals surface area contributed by atoms with Crippen molar-refractivity contribution in [2.75, 3.05) is 0 Å². The minimum Gasteiger partial charge on any atom is -0.489 e. The molecule has 0 amide bonds. The fraction of sp³-hybridized carbons (Fsp3) is 0.278. The van der Waals surface area contributed by atoms with E-state index in [1.165, 1.54) is 18.2 Å². The molecule has 1 aliphatic heterocycles. The summed E-state index contributed by atoms with van der Waals surface area (Å²) in [4.78, 5) is 12.1. The molecule has 0 bridgehead atoms. The van der Waals surface area contributed by atoms with Crippen LogP contribution in [0.25, 0.3) is 0 Å². The van der Waals surface area contributed by atoms with E-state index < -0.39 is 18.1 Å². The van der Waals surface area contributed by atoms with Crippen LogP contribution in [0.5, 0.6) is 5.75 Å². The van der Waals surface area contributed by atoms with Gasteiger partial charge in [0.05, 0.1) is 5.56 Å². The Kier molecular flexibility index (Phi) is 4.69. The molecule has 0 spiro atoms. The van der Waals surface area contributed by atoms with Crippen LogP contribution in [0.3, 0.4) is 0 Å². The quantitative estimate of drug-likeness (QED) is 0.833. The molecule has 23 heavy (non-hydrogen) atoms. The summed E-state index contributed by atoms with van der Waals surface area (Å²) >= 11 is 0. The van der Waals surface area contributed by atoms with E-state index >= 15 is 0 Å². The van der Waals surface area contributed by atoms with Gasteiger partial charge >= 0.3 is 0 Å². The highest BCUT2D eigenvalue weighted by Crippen LogP contribution is 2.29. The van der Waals surface area contributed by atoms with Gasteiger partial charge in [-0.25, -0.2) is 4.39 Å². The predicted octanol–water partition coefficient (Wildman–Crippen LogP) is 2.66. The van der Waals surface area contributed by atoms with Crippen molar-refractivity contribution in [2.24, 2.45) is 0 Å². The molecule has 2 atom stereocenters. The van der Waals surface area contributed by atoms with Crippen LogP contribution in [0.4, 0.5) is 4.39 Å². The van der Waals surface area contributed by atoms with Crippen LogP contribution in [0.2, 0.25) is 0 Å². The second-order valence-corrected chi connectivity index (χ2v) is 5.63. The van der Waals surface area contributed by atoms with Crippen LogP contribution in [-0.4, -0.2) is 23.2 Å². The van der Waals surface area contributed by atoms with Gasteiger partial charge in [0.2, 0.25) is 0 Å². The molecule has 2 N–H and O–H groups in total. The molecule has 120 valence electrons. The highest BCUT2D eigenvalue weighted by Gasteiger charge is 2.28. The first kappa shape index (κ1) is 15.6. The molecule has 0 fully saturated rings. The zero-order chi connectivity index (χ0) is 16.2. The van der Waals surface area contributed by atoms with Gasteiger partial charge in [-0.05, 0) is 23.8 Å². The van der Waals surface area contributed by atoms with Crippen LogP contribution in [0.1, 0.15) is 28.8 Å². The lowest BCUT2D eigenvalue weighted by Crippen LogP contribution is -2.36. The number of hydrogen-bond acceptors (Lipinski definition) is 4. The van der Waals surface area contributed by atoms with E-state index in [4.69, 9.17) is 4.74 Å². The van der Waals surface area contributed by atoms with Gasteiger partial charge in [0.25, 0.3) is 0 Å². The molecule has 3 rings (SSSR count). The maximum absolute atomic E-state index is 13.2. The number of hydrogen-bond donors (Lipinski definition) is 2. The number of rotatable bonds is 5. The summed E-state index contributed by atoms with van der Waals surface area (Å²) in [6.07, 6.45) is -0.774. The summed E-state index contributed by atoms with van der Waals surface area (Å²) < 4.78 is 18.9. The van der Waals surface area contributed by atoms with Crippen LogP contribution in [0.15, 0.2) is 48.5 Å². The van der Waals surface area contributed by atoms with Crippen molar-refractivity contribution in [2.45, 2.75) is 31.7 Å². The normalized spacial score (nSPS) is 18.2. The van der Waals surface area contributed by atoms with Crippen LogP contribution < -0.4 is 10.1 Å². The van der Waals surface area contributed by atoms with Crippen molar-refractivity contribution in [3.63, 3.8) is 0 Å². The molecule has 1 heterocycles. The smallest absolute Gasteiger partial charge is 0.170 e. The monoisotopic (exact) mass is 315 g/mol. The highest BCUT2D eigenvalue weighted by atomic mass is 19.1. The van der Waals surface area contributed by atoms with Gasteiger partial charge in [0, 0.05) is 19.4 Å². The second-order valence-electron chi connectivity index (χ2n) is 5.63. The molecule has 1 unspecified atom stereocenters. The Morgan fingerprint density at radius 2 is 2.04 bits per heavy atom. The first-order valence-corrected chi connectivity index (χ1v) is 7.56. The molecular weight excluding hydrogens is 297 g/mol. The minimum absolute atomic E-state index is 0.139. The number of aliphatic hydroxyl groups is 1. The molecule has 0 saturated carbocycles. The lowest BCUT2D eigenvalue weighted by atomic mass is 9.98. The Morgan fingerprint density at radius 3 is 2.83 bits per heavy atom. The Labute approximate surface area is 133 Å². The van der Waals surface area contributed by atoms with E-state index in [1.54, 1.807) is 0 Å². The predicted molar refractivity (Wildman–Crippen MR) is 83.7 cm³/mol. The first-order chi connectivity index (χ1) is 11.1. The van der Waals surface area contributed by atoms with E-state index in [-0.39, 0.29) is 24.2 Å². The standard InChI is InChI=1S/C18H18FNO3/c19-13-6-7-17-15(8-13)16(21)9-14(23-17)10-18(22)20-11-12-4-2-1-3-5-12/h1-8,14,18,20,22H,9-11H2/t14-,18?/m0/s1. The topological polar surface area (TPSA) is 58.6 Å². The maximum Gasteiger partial charge on any atom is 0.170 e. The third kappa shape index (κ3) is 3.94. The molecule has 4 nitrogen and oxygen atoms in total. The lowest BCUT2D eigenvalue weighted by Gasteiger charge is -2.27. The molecule has 0 aliphatic carbocycles. The number of carbonyl (C=O) groups is 1. The molecule has 0 aromatic heterocycles. The summed E-state index contributed by atoms with van der Waals surface area (Å²) in [7, 11) is 0. The number of nitrogens with one attached hydrogen (secondary N) is 1.